The van der Waals surface area contributed by atoms with Crippen molar-refractivity contribution in [3.63, 3.8) is 0 Å². The van der Waals surface area contributed by atoms with Crippen LogP contribution < -0.4 is 0 Å². The summed E-state index contributed by atoms with van der Waals surface area (Å²) in [4.78, 5) is 8.30. The van der Waals surface area contributed by atoms with Crippen molar-refractivity contribution in [3.8, 4) is 0 Å². The molecule has 0 aliphatic carbocycles. The third kappa shape index (κ3) is 5.50. The van der Waals surface area contributed by atoms with Crippen molar-refractivity contribution in [1.29, 1.82) is 0 Å². The SMILES string of the molecule is C=CC=N/C(=C\C=C)C(/C=C\C=C)=NC=C. The number of aliphatic imine (C=N–C) groups is 2. The van der Waals surface area contributed by atoms with E-state index in [0.29, 0.717) is 11.4 Å². The standard InChI is InChI=1S/C14H16N2/c1-5-9-11-14(15-8-4)13(10-6-2)16-12-7-3/h5-12H,1-4H2/b11-9-,13-10-,15-14?,16-12?. The van der Waals surface area contributed by atoms with E-state index >= 15 is 0 Å². The second kappa shape index (κ2) is 9.34. The molecule has 0 fully saturated rings. The minimum absolute atomic E-state index is 0.688. The molecule has 0 unspecified atom stereocenters. The minimum Gasteiger partial charge on any atom is -0.255 e. The third-order valence-corrected chi connectivity index (χ3v) is 1.48. The van der Waals surface area contributed by atoms with Crippen molar-refractivity contribution in [2.75, 3.05) is 0 Å². The fraction of sp³-hybridized carbons (Fsp3) is 0. The van der Waals surface area contributed by atoms with Crippen LogP contribution in [0.2, 0.25) is 0 Å². The Morgan fingerprint density at radius 3 is 2.19 bits per heavy atom. The van der Waals surface area contributed by atoms with Crippen molar-refractivity contribution >= 4 is 11.9 Å². The molecule has 0 atom stereocenters. The summed E-state index contributed by atoms with van der Waals surface area (Å²) in [6.45, 7) is 14.4. The Hall–Kier alpha value is -2.22. The number of nitrogens with zero attached hydrogens (tertiary/aromatic N) is 2. The number of allylic oxidation sites excluding steroid dienone is 6. The number of hydrogen-bond acceptors (Lipinski definition) is 2. The Kier molecular flexibility index (Phi) is 8.04. The van der Waals surface area contributed by atoms with E-state index in [-0.39, 0.29) is 0 Å². The van der Waals surface area contributed by atoms with Crippen molar-refractivity contribution < 1.29 is 0 Å². The molecule has 0 aromatic rings. The lowest BCUT2D eigenvalue weighted by Gasteiger charge is -1.99. The largest absolute Gasteiger partial charge is 0.255 e. The van der Waals surface area contributed by atoms with E-state index in [1.807, 2.05) is 0 Å². The Labute approximate surface area is 97.1 Å². The summed E-state index contributed by atoms with van der Waals surface area (Å²) in [5, 5.41) is 0. The average molecular weight is 212 g/mol. The molecule has 82 valence electrons. The highest BCUT2D eigenvalue weighted by Crippen LogP contribution is 2.03. The molecule has 0 rings (SSSR count). The van der Waals surface area contributed by atoms with Crippen LogP contribution in [-0.4, -0.2) is 11.9 Å². The van der Waals surface area contributed by atoms with Gasteiger partial charge >= 0.3 is 0 Å². The molecule has 0 aromatic carbocycles. The molecule has 0 aromatic heterocycles. The normalized spacial score (nSPS) is 13.0. The van der Waals surface area contributed by atoms with Crippen molar-refractivity contribution in [1.82, 2.24) is 0 Å². The van der Waals surface area contributed by atoms with E-state index in [1.54, 1.807) is 42.7 Å². The van der Waals surface area contributed by atoms with E-state index < -0.39 is 0 Å². The predicted octanol–water partition coefficient (Wildman–Crippen LogP) is 3.64. The van der Waals surface area contributed by atoms with Crippen LogP contribution in [0.25, 0.3) is 0 Å². The Bertz CT molecular complexity index is 342. The van der Waals surface area contributed by atoms with Gasteiger partial charge in [0.15, 0.2) is 0 Å². The van der Waals surface area contributed by atoms with E-state index in [1.165, 1.54) is 6.20 Å². The maximum Gasteiger partial charge on any atom is 0.0885 e. The third-order valence-electron chi connectivity index (χ3n) is 1.48. The van der Waals surface area contributed by atoms with Crippen LogP contribution in [0.4, 0.5) is 0 Å². The molecular formula is C14H16N2. The van der Waals surface area contributed by atoms with Gasteiger partial charge in [0.05, 0.1) is 11.4 Å². The molecule has 0 saturated heterocycles. The zero-order valence-electron chi connectivity index (χ0n) is 9.34. The lowest BCUT2D eigenvalue weighted by Crippen LogP contribution is -1.96. The van der Waals surface area contributed by atoms with Crippen LogP contribution in [0.3, 0.4) is 0 Å². The smallest absolute Gasteiger partial charge is 0.0885 e. The van der Waals surface area contributed by atoms with Crippen LogP contribution in [0.5, 0.6) is 0 Å². The van der Waals surface area contributed by atoms with Crippen LogP contribution in [0, 0.1) is 0 Å². The second-order valence-electron chi connectivity index (χ2n) is 2.59. The first-order valence-electron chi connectivity index (χ1n) is 4.76. The monoisotopic (exact) mass is 212 g/mol. The van der Waals surface area contributed by atoms with Gasteiger partial charge in [0, 0.05) is 12.4 Å². The summed E-state index contributed by atoms with van der Waals surface area (Å²) in [5.41, 5.74) is 1.38. The molecule has 0 saturated carbocycles. The Balaban J connectivity index is 5.25. The van der Waals surface area contributed by atoms with Gasteiger partial charge in [0.1, 0.15) is 0 Å². The van der Waals surface area contributed by atoms with Gasteiger partial charge in [-0.15, -0.1) is 0 Å². The lowest BCUT2D eigenvalue weighted by molar-refractivity contribution is 1.44. The highest BCUT2D eigenvalue weighted by Gasteiger charge is 1.98. The topological polar surface area (TPSA) is 24.7 Å². The van der Waals surface area contributed by atoms with Gasteiger partial charge in [0.25, 0.3) is 0 Å². The minimum atomic E-state index is 0.688. The van der Waals surface area contributed by atoms with Crippen LogP contribution in [-0.2, 0) is 0 Å². The molecule has 0 heterocycles. The zero-order valence-corrected chi connectivity index (χ0v) is 9.34. The zero-order chi connectivity index (χ0) is 12.2. The molecule has 2 heteroatoms. The van der Waals surface area contributed by atoms with E-state index in [4.69, 9.17) is 0 Å². The quantitative estimate of drug-likeness (QED) is 0.454. The lowest BCUT2D eigenvalue weighted by atomic mass is 10.2. The molecule has 0 N–H and O–H groups in total. The molecule has 16 heavy (non-hydrogen) atoms. The van der Waals surface area contributed by atoms with E-state index in [2.05, 4.69) is 36.3 Å². The molecule has 2 nitrogen and oxygen atoms in total. The fourth-order valence-corrected chi connectivity index (χ4v) is 0.891. The fourth-order valence-electron chi connectivity index (χ4n) is 0.891. The van der Waals surface area contributed by atoms with Crippen molar-refractivity contribution in [2.45, 2.75) is 0 Å². The highest BCUT2D eigenvalue weighted by molar-refractivity contribution is 6.09. The van der Waals surface area contributed by atoms with Gasteiger partial charge in [-0.25, -0.2) is 0 Å². The average Bonchev–Trinajstić information content (AvgIpc) is 2.30. The van der Waals surface area contributed by atoms with E-state index in [9.17, 15) is 0 Å². The summed E-state index contributed by atoms with van der Waals surface area (Å²) in [6.07, 6.45) is 13.3. The summed E-state index contributed by atoms with van der Waals surface area (Å²) in [7, 11) is 0. The summed E-state index contributed by atoms with van der Waals surface area (Å²) >= 11 is 0. The molecule has 0 radical (unpaired) electrons. The van der Waals surface area contributed by atoms with Gasteiger partial charge in [0.2, 0.25) is 0 Å². The Morgan fingerprint density at radius 2 is 1.69 bits per heavy atom. The molecule has 0 amide bonds. The van der Waals surface area contributed by atoms with E-state index in [0.717, 1.165) is 0 Å². The summed E-state index contributed by atoms with van der Waals surface area (Å²) in [5.74, 6) is 0. The van der Waals surface area contributed by atoms with Gasteiger partial charge in [-0.3, -0.25) is 9.98 Å². The number of hydrogen-bond donors (Lipinski definition) is 0. The maximum absolute atomic E-state index is 4.19. The van der Waals surface area contributed by atoms with Crippen LogP contribution >= 0.6 is 0 Å². The van der Waals surface area contributed by atoms with Crippen LogP contribution in [0.1, 0.15) is 0 Å². The summed E-state index contributed by atoms with van der Waals surface area (Å²) in [6, 6.07) is 0. The Morgan fingerprint density at radius 1 is 0.938 bits per heavy atom. The first-order valence-corrected chi connectivity index (χ1v) is 4.76. The first kappa shape index (κ1) is 13.8. The molecule has 0 aliphatic rings. The number of rotatable bonds is 7. The highest BCUT2D eigenvalue weighted by atomic mass is 14.8. The first-order chi connectivity index (χ1) is 7.79. The summed E-state index contributed by atoms with van der Waals surface area (Å²) < 4.78 is 0. The van der Waals surface area contributed by atoms with Gasteiger partial charge < -0.3 is 0 Å². The molecular weight excluding hydrogens is 196 g/mol. The van der Waals surface area contributed by atoms with Gasteiger partial charge in [-0.2, -0.15) is 0 Å². The molecule has 0 aliphatic heterocycles. The molecule has 0 bridgehead atoms. The van der Waals surface area contributed by atoms with Gasteiger partial charge in [-0.05, 0) is 12.2 Å². The van der Waals surface area contributed by atoms with Crippen molar-refractivity contribution in [2.24, 2.45) is 9.98 Å². The predicted molar refractivity (Wildman–Crippen MR) is 73.9 cm³/mol. The second-order valence-corrected chi connectivity index (χ2v) is 2.59. The maximum atomic E-state index is 4.19. The van der Waals surface area contributed by atoms with Gasteiger partial charge in [-0.1, -0.05) is 50.6 Å². The molecule has 0 spiro atoms. The van der Waals surface area contributed by atoms with Crippen molar-refractivity contribution in [3.05, 3.63) is 74.7 Å². The van der Waals surface area contributed by atoms with Crippen LogP contribution in [0.15, 0.2) is 84.7 Å².